The average Bonchev–Trinajstić information content (AvgIpc) is 3.48. The lowest BCUT2D eigenvalue weighted by atomic mass is 10.1. The molecular weight excluding hydrogens is 398 g/mol. The number of ether oxygens (including phenoxy) is 3. The maximum absolute atomic E-state index is 12.5. The fourth-order valence-corrected chi connectivity index (χ4v) is 3.36. The Hall–Kier alpha value is -3.39. The first-order chi connectivity index (χ1) is 15.1. The Bertz CT molecular complexity index is 1030. The lowest BCUT2D eigenvalue weighted by molar-refractivity contribution is 0.0669. The molecule has 1 unspecified atom stereocenters. The molecular formula is C23H25N3O5. The second-order valence-corrected chi connectivity index (χ2v) is 7.34. The van der Waals surface area contributed by atoms with E-state index in [4.69, 9.17) is 18.7 Å². The molecule has 1 aliphatic heterocycles. The number of rotatable bonds is 8. The molecule has 162 valence electrons. The van der Waals surface area contributed by atoms with Gasteiger partial charge in [-0.3, -0.25) is 4.79 Å². The van der Waals surface area contributed by atoms with Crippen LogP contribution in [0.1, 0.15) is 34.6 Å². The van der Waals surface area contributed by atoms with Crippen molar-refractivity contribution in [2.45, 2.75) is 32.4 Å². The fraction of sp³-hybridized carbons (Fsp3) is 0.348. The summed E-state index contributed by atoms with van der Waals surface area (Å²) in [5.74, 6) is 2.11. The number of carbonyl (C=O) groups excluding carboxylic acids is 1. The van der Waals surface area contributed by atoms with Crippen LogP contribution in [0.5, 0.6) is 11.5 Å². The van der Waals surface area contributed by atoms with Crippen LogP contribution in [0.2, 0.25) is 0 Å². The summed E-state index contributed by atoms with van der Waals surface area (Å²) in [5.41, 5.74) is 2.22. The third-order valence-corrected chi connectivity index (χ3v) is 5.05. The molecule has 0 radical (unpaired) electrons. The molecule has 0 bridgehead atoms. The first-order valence-corrected chi connectivity index (χ1v) is 10.2. The van der Waals surface area contributed by atoms with Crippen LogP contribution in [0.4, 0.5) is 0 Å². The van der Waals surface area contributed by atoms with Gasteiger partial charge in [0, 0.05) is 24.3 Å². The minimum absolute atomic E-state index is 0.138. The van der Waals surface area contributed by atoms with Gasteiger partial charge in [0.2, 0.25) is 0 Å². The van der Waals surface area contributed by atoms with Crippen molar-refractivity contribution in [1.29, 1.82) is 0 Å². The topological polar surface area (TPSA) is 95.7 Å². The minimum atomic E-state index is -0.175. The molecule has 8 heteroatoms. The quantitative estimate of drug-likeness (QED) is 0.592. The van der Waals surface area contributed by atoms with Crippen LogP contribution in [0.15, 0.2) is 47.0 Å². The zero-order valence-electron chi connectivity index (χ0n) is 17.6. The minimum Gasteiger partial charge on any atom is -0.493 e. The number of aryl methyl sites for hydroxylation is 1. The van der Waals surface area contributed by atoms with Crippen molar-refractivity contribution in [2.75, 3.05) is 20.3 Å². The van der Waals surface area contributed by atoms with E-state index in [-0.39, 0.29) is 12.0 Å². The highest BCUT2D eigenvalue weighted by Gasteiger charge is 2.17. The number of hydrogen-bond donors (Lipinski definition) is 1. The van der Waals surface area contributed by atoms with Gasteiger partial charge in [0.1, 0.15) is 6.61 Å². The first kappa shape index (κ1) is 20.9. The molecule has 1 fully saturated rings. The largest absolute Gasteiger partial charge is 0.493 e. The fourth-order valence-electron chi connectivity index (χ4n) is 3.36. The Morgan fingerprint density at radius 2 is 2.03 bits per heavy atom. The summed E-state index contributed by atoms with van der Waals surface area (Å²) in [5, 5.41) is 6.69. The smallest absolute Gasteiger partial charge is 0.257 e. The number of amides is 1. The molecule has 31 heavy (non-hydrogen) atoms. The molecule has 4 rings (SSSR count). The number of hydrogen-bond acceptors (Lipinski definition) is 7. The van der Waals surface area contributed by atoms with E-state index in [1.54, 1.807) is 38.3 Å². The van der Waals surface area contributed by atoms with Gasteiger partial charge in [-0.05, 0) is 61.7 Å². The van der Waals surface area contributed by atoms with Crippen LogP contribution in [0, 0.1) is 6.92 Å². The second kappa shape index (κ2) is 9.61. The summed E-state index contributed by atoms with van der Waals surface area (Å²) in [4.78, 5) is 16.7. The summed E-state index contributed by atoms with van der Waals surface area (Å²) in [6, 6.07) is 12.7. The number of benzene rings is 2. The van der Waals surface area contributed by atoms with Gasteiger partial charge in [0.25, 0.3) is 11.8 Å². The summed E-state index contributed by atoms with van der Waals surface area (Å²) in [7, 11) is 1.60. The third-order valence-electron chi connectivity index (χ3n) is 5.05. The molecule has 1 N–H and O–H groups in total. The third kappa shape index (κ3) is 5.21. The molecule has 0 spiro atoms. The summed E-state index contributed by atoms with van der Waals surface area (Å²) in [6.45, 7) is 3.42. The van der Waals surface area contributed by atoms with E-state index in [1.165, 1.54) is 0 Å². The van der Waals surface area contributed by atoms with E-state index in [9.17, 15) is 4.79 Å². The molecule has 2 heterocycles. The van der Waals surface area contributed by atoms with E-state index in [1.807, 2.05) is 18.2 Å². The molecule has 2 aromatic carbocycles. The highest BCUT2D eigenvalue weighted by atomic mass is 16.5. The van der Waals surface area contributed by atoms with Crippen molar-refractivity contribution in [3.8, 4) is 23.0 Å². The van der Waals surface area contributed by atoms with Crippen molar-refractivity contribution >= 4 is 5.91 Å². The van der Waals surface area contributed by atoms with E-state index in [2.05, 4.69) is 15.5 Å². The molecule has 0 aliphatic carbocycles. The molecule has 1 saturated heterocycles. The Morgan fingerprint density at radius 1 is 1.19 bits per heavy atom. The van der Waals surface area contributed by atoms with Crippen LogP contribution in [-0.4, -0.2) is 42.5 Å². The zero-order valence-corrected chi connectivity index (χ0v) is 17.6. The lowest BCUT2D eigenvalue weighted by Gasteiger charge is -2.15. The van der Waals surface area contributed by atoms with Gasteiger partial charge in [0.05, 0.1) is 13.2 Å². The van der Waals surface area contributed by atoms with Crippen molar-refractivity contribution < 1.29 is 23.5 Å². The van der Waals surface area contributed by atoms with Gasteiger partial charge in [-0.25, -0.2) is 0 Å². The van der Waals surface area contributed by atoms with Crippen molar-refractivity contribution in [2.24, 2.45) is 0 Å². The molecule has 1 atom stereocenters. The number of carbonyl (C=O) groups is 1. The van der Waals surface area contributed by atoms with Gasteiger partial charge in [-0.15, -0.1) is 0 Å². The lowest BCUT2D eigenvalue weighted by Crippen LogP contribution is -2.22. The Morgan fingerprint density at radius 3 is 2.71 bits per heavy atom. The van der Waals surface area contributed by atoms with Gasteiger partial charge < -0.3 is 24.1 Å². The van der Waals surface area contributed by atoms with E-state index < -0.39 is 0 Å². The first-order valence-electron chi connectivity index (χ1n) is 10.2. The van der Waals surface area contributed by atoms with Crippen LogP contribution in [0.3, 0.4) is 0 Å². The van der Waals surface area contributed by atoms with Crippen LogP contribution < -0.4 is 14.8 Å². The van der Waals surface area contributed by atoms with E-state index in [0.717, 1.165) is 30.6 Å². The van der Waals surface area contributed by atoms with Crippen molar-refractivity contribution in [1.82, 2.24) is 15.5 Å². The maximum atomic E-state index is 12.5. The molecule has 3 aromatic rings. The molecule has 0 saturated carbocycles. The monoisotopic (exact) mass is 423 g/mol. The SMILES string of the molecule is COc1cc(CNC(=O)c2ccc(-c3nc(C)no3)cc2)ccc1OCC1CCCO1. The molecule has 1 aliphatic rings. The standard InChI is InChI=1S/C23H25N3O5/c1-15-25-23(31-26-15)18-8-6-17(7-9-18)22(27)24-13-16-5-10-20(21(12-16)28-2)30-14-19-4-3-11-29-19/h5-10,12,19H,3-4,11,13-14H2,1-2H3,(H,24,27). The second-order valence-electron chi connectivity index (χ2n) is 7.34. The van der Waals surface area contributed by atoms with Gasteiger partial charge in [-0.1, -0.05) is 11.2 Å². The Labute approximate surface area is 180 Å². The summed E-state index contributed by atoms with van der Waals surface area (Å²) in [6.07, 6.45) is 2.23. The Balaban J connectivity index is 1.34. The number of nitrogens with one attached hydrogen (secondary N) is 1. The predicted molar refractivity (Wildman–Crippen MR) is 113 cm³/mol. The number of nitrogens with zero attached hydrogens (tertiary/aromatic N) is 2. The normalized spacial score (nSPS) is 15.6. The number of aromatic nitrogens is 2. The van der Waals surface area contributed by atoms with Gasteiger partial charge >= 0.3 is 0 Å². The number of methoxy groups -OCH3 is 1. The summed E-state index contributed by atoms with van der Waals surface area (Å²) < 4.78 is 22.0. The van der Waals surface area contributed by atoms with Gasteiger partial charge in [-0.2, -0.15) is 4.98 Å². The zero-order chi connectivity index (χ0) is 21.6. The highest BCUT2D eigenvalue weighted by Crippen LogP contribution is 2.29. The van der Waals surface area contributed by atoms with Crippen LogP contribution in [0.25, 0.3) is 11.5 Å². The van der Waals surface area contributed by atoms with Crippen LogP contribution in [-0.2, 0) is 11.3 Å². The molecule has 1 aromatic heterocycles. The van der Waals surface area contributed by atoms with E-state index >= 15 is 0 Å². The Kier molecular flexibility index (Phi) is 6.47. The predicted octanol–water partition coefficient (Wildman–Crippen LogP) is 3.54. The highest BCUT2D eigenvalue weighted by molar-refractivity contribution is 5.94. The molecule has 1 amide bonds. The summed E-state index contributed by atoms with van der Waals surface area (Å²) >= 11 is 0. The van der Waals surface area contributed by atoms with Crippen molar-refractivity contribution in [3.05, 3.63) is 59.4 Å². The van der Waals surface area contributed by atoms with E-state index in [0.29, 0.717) is 41.9 Å². The van der Waals surface area contributed by atoms with Gasteiger partial charge in [0.15, 0.2) is 17.3 Å². The van der Waals surface area contributed by atoms with Crippen molar-refractivity contribution in [3.63, 3.8) is 0 Å². The maximum Gasteiger partial charge on any atom is 0.257 e. The average molecular weight is 423 g/mol. The van der Waals surface area contributed by atoms with Crippen LogP contribution >= 0.6 is 0 Å². The molecule has 8 nitrogen and oxygen atoms in total.